The van der Waals surface area contributed by atoms with Crippen LogP contribution in [-0.4, -0.2) is 18.3 Å². The molecule has 0 aliphatic heterocycles. The Balaban J connectivity index is 0.000000276. The molecule has 0 aliphatic carbocycles. The van der Waals surface area contributed by atoms with E-state index < -0.39 is 11.6 Å². The number of anilines is 1. The van der Waals surface area contributed by atoms with E-state index >= 15 is 0 Å². The summed E-state index contributed by atoms with van der Waals surface area (Å²) in [6, 6.07) is 14.2. The second-order valence-corrected chi connectivity index (χ2v) is 3.76. The number of terminal acetylenes is 1. The van der Waals surface area contributed by atoms with E-state index in [0.29, 0.717) is 0 Å². The fraction of sp³-hybridized carbons (Fsp3) is 0.125. The minimum absolute atomic E-state index is 0.111. The van der Waals surface area contributed by atoms with Crippen LogP contribution in [0.4, 0.5) is 14.5 Å². The molecule has 0 spiro atoms. The number of aliphatic hydroxyl groups is 1. The molecule has 2 nitrogen and oxygen atoms in total. The summed E-state index contributed by atoms with van der Waals surface area (Å²) < 4.78 is 26.1. The third kappa shape index (κ3) is 5.09. The molecule has 2 aromatic rings. The van der Waals surface area contributed by atoms with Gasteiger partial charge < -0.3 is 10.4 Å². The highest BCUT2D eigenvalue weighted by Crippen LogP contribution is 2.17. The highest BCUT2D eigenvalue weighted by molar-refractivity contribution is 5.49. The third-order valence-corrected chi connectivity index (χ3v) is 2.29. The highest BCUT2D eigenvalue weighted by Gasteiger charge is 2.08. The predicted molar refractivity (Wildman–Crippen MR) is 76.3 cm³/mol. The van der Waals surface area contributed by atoms with Crippen molar-refractivity contribution in [3.8, 4) is 12.3 Å². The lowest BCUT2D eigenvalue weighted by atomic mass is 10.2. The molecule has 104 valence electrons. The van der Waals surface area contributed by atoms with E-state index in [4.69, 9.17) is 11.5 Å². The molecule has 0 atom stereocenters. The van der Waals surface area contributed by atoms with Gasteiger partial charge >= 0.3 is 0 Å². The molecule has 0 unspecified atom stereocenters. The molecule has 0 fully saturated rings. The van der Waals surface area contributed by atoms with E-state index in [1.807, 2.05) is 42.3 Å². The van der Waals surface area contributed by atoms with Crippen molar-refractivity contribution in [1.29, 1.82) is 0 Å². The molecule has 2 N–H and O–H groups in total. The van der Waals surface area contributed by atoms with Gasteiger partial charge in [0.15, 0.2) is 0 Å². The minimum Gasteiger partial charge on any atom is -0.395 e. The van der Waals surface area contributed by atoms with E-state index in [9.17, 15) is 8.78 Å². The molecule has 0 radical (unpaired) electrons. The van der Waals surface area contributed by atoms with Crippen molar-refractivity contribution in [3.63, 3.8) is 0 Å². The van der Waals surface area contributed by atoms with Gasteiger partial charge in [-0.05, 0) is 12.1 Å². The first-order valence-corrected chi connectivity index (χ1v) is 5.99. The lowest BCUT2D eigenvalue weighted by Gasteiger charge is -2.05. The number of halogens is 2. The van der Waals surface area contributed by atoms with Crippen LogP contribution in [0.25, 0.3) is 0 Å². The van der Waals surface area contributed by atoms with Crippen molar-refractivity contribution in [2.45, 2.75) is 0 Å². The molecule has 2 aromatic carbocycles. The zero-order valence-corrected chi connectivity index (χ0v) is 10.8. The quantitative estimate of drug-likeness (QED) is 0.844. The number of hydrogen-bond donors (Lipinski definition) is 2. The van der Waals surface area contributed by atoms with Crippen LogP contribution in [0.2, 0.25) is 0 Å². The van der Waals surface area contributed by atoms with Gasteiger partial charge in [0.25, 0.3) is 0 Å². The Bertz CT molecular complexity index is 515. The molecule has 0 aromatic heterocycles. The fourth-order valence-corrected chi connectivity index (χ4v) is 1.40. The first kappa shape index (κ1) is 15.7. The van der Waals surface area contributed by atoms with Crippen LogP contribution in [-0.2, 0) is 0 Å². The van der Waals surface area contributed by atoms with Gasteiger partial charge in [0.1, 0.15) is 11.6 Å². The number of nitrogens with one attached hydrogen (secondary N) is 1. The van der Waals surface area contributed by atoms with E-state index in [1.165, 1.54) is 0 Å². The van der Waals surface area contributed by atoms with E-state index in [1.54, 1.807) is 0 Å². The van der Waals surface area contributed by atoms with Crippen molar-refractivity contribution in [2.75, 3.05) is 18.5 Å². The summed E-state index contributed by atoms with van der Waals surface area (Å²) >= 11 is 0. The molecule has 4 heteroatoms. The standard InChI is InChI=1S/C10H9F2NO.C6H6/c1-2-8-9(11)5-7(6-10(8)12)13-3-4-14;1-2-4-6-5-3-1/h1,5-6,13-14H,3-4H2;1-6H. The average molecular weight is 275 g/mol. The maximum atomic E-state index is 13.1. The number of rotatable bonds is 3. The van der Waals surface area contributed by atoms with E-state index in [-0.39, 0.29) is 24.4 Å². The lowest BCUT2D eigenvalue weighted by molar-refractivity contribution is 0.311. The van der Waals surface area contributed by atoms with Crippen LogP contribution in [0.1, 0.15) is 5.56 Å². The maximum absolute atomic E-state index is 13.1. The first-order valence-electron chi connectivity index (χ1n) is 5.99. The molecule has 20 heavy (non-hydrogen) atoms. The number of aliphatic hydroxyl groups excluding tert-OH is 1. The van der Waals surface area contributed by atoms with Crippen LogP contribution < -0.4 is 5.32 Å². The van der Waals surface area contributed by atoms with E-state index in [0.717, 1.165) is 12.1 Å². The Labute approximate surface area is 117 Å². The van der Waals surface area contributed by atoms with Gasteiger partial charge in [0, 0.05) is 12.2 Å². The Morgan fingerprint density at radius 3 is 1.80 bits per heavy atom. The van der Waals surface area contributed by atoms with Crippen LogP contribution >= 0.6 is 0 Å². The summed E-state index contributed by atoms with van der Waals surface area (Å²) in [6.07, 6.45) is 4.91. The lowest BCUT2D eigenvalue weighted by Crippen LogP contribution is -2.06. The summed E-state index contributed by atoms with van der Waals surface area (Å²) in [4.78, 5) is 0. The number of hydrogen-bond acceptors (Lipinski definition) is 2. The van der Waals surface area contributed by atoms with Crippen LogP contribution in [0.5, 0.6) is 0 Å². The molecule has 0 saturated heterocycles. The summed E-state index contributed by atoms with van der Waals surface area (Å²) in [5, 5.41) is 11.1. The number of benzene rings is 2. The Hall–Kier alpha value is -2.38. The molecule has 0 heterocycles. The van der Waals surface area contributed by atoms with Crippen molar-refractivity contribution in [2.24, 2.45) is 0 Å². The van der Waals surface area contributed by atoms with Crippen molar-refractivity contribution < 1.29 is 13.9 Å². The molecule has 0 aliphatic rings. The monoisotopic (exact) mass is 275 g/mol. The largest absolute Gasteiger partial charge is 0.395 e. The Kier molecular flexibility index (Phi) is 6.80. The average Bonchev–Trinajstić information content (AvgIpc) is 2.47. The highest BCUT2D eigenvalue weighted by atomic mass is 19.1. The summed E-state index contributed by atoms with van der Waals surface area (Å²) in [7, 11) is 0. The van der Waals surface area contributed by atoms with Crippen molar-refractivity contribution >= 4 is 5.69 Å². The van der Waals surface area contributed by atoms with Gasteiger partial charge in [-0.2, -0.15) is 0 Å². The van der Waals surface area contributed by atoms with Crippen LogP contribution in [0, 0.1) is 24.0 Å². The molecular weight excluding hydrogens is 260 g/mol. The molecule has 0 amide bonds. The van der Waals surface area contributed by atoms with E-state index in [2.05, 4.69) is 5.32 Å². The maximum Gasteiger partial charge on any atom is 0.143 e. The van der Waals surface area contributed by atoms with Crippen molar-refractivity contribution in [3.05, 3.63) is 65.7 Å². The van der Waals surface area contributed by atoms with Crippen molar-refractivity contribution in [1.82, 2.24) is 0 Å². The van der Waals surface area contributed by atoms with Gasteiger partial charge in [0.2, 0.25) is 0 Å². The van der Waals surface area contributed by atoms with Gasteiger partial charge in [-0.1, -0.05) is 42.3 Å². The topological polar surface area (TPSA) is 32.3 Å². The van der Waals surface area contributed by atoms with Gasteiger partial charge in [-0.25, -0.2) is 8.78 Å². The van der Waals surface area contributed by atoms with Gasteiger partial charge in [-0.3, -0.25) is 0 Å². The van der Waals surface area contributed by atoms with Crippen LogP contribution in [0.3, 0.4) is 0 Å². The summed E-state index contributed by atoms with van der Waals surface area (Å²) in [5.74, 6) is 0.351. The molecule has 2 rings (SSSR count). The molecule has 0 saturated carbocycles. The third-order valence-electron chi connectivity index (χ3n) is 2.29. The SMILES string of the molecule is C#Cc1c(F)cc(NCCO)cc1F.c1ccccc1. The van der Waals surface area contributed by atoms with Crippen LogP contribution in [0.15, 0.2) is 48.5 Å². The van der Waals surface area contributed by atoms with Gasteiger partial charge in [0.05, 0.1) is 12.2 Å². The summed E-state index contributed by atoms with van der Waals surface area (Å²) in [6.45, 7) is 0.119. The molecular formula is C16H15F2NO. The second kappa shape index (κ2) is 8.68. The normalized spacial score (nSPS) is 9.10. The zero-order valence-electron chi connectivity index (χ0n) is 10.8. The smallest absolute Gasteiger partial charge is 0.143 e. The Morgan fingerprint density at radius 2 is 1.45 bits per heavy atom. The fourth-order valence-electron chi connectivity index (χ4n) is 1.40. The Morgan fingerprint density at radius 1 is 1.00 bits per heavy atom. The van der Waals surface area contributed by atoms with Gasteiger partial charge in [-0.15, -0.1) is 6.42 Å². The predicted octanol–water partition coefficient (Wildman–Crippen LogP) is 3.04. The minimum atomic E-state index is -0.784. The summed E-state index contributed by atoms with van der Waals surface area (Å²) in [5.41, 5.74) is -0.118. The second-order valence-electron chi connectivity index (χ2n) is 3.76. The molecule has 0 bridgehead atoms. The zero-order chi connectivity index (χ0) is 14.8. The first-order chi connectivity index (χ1) is 9.69.